The van der Waals surface area contributed by atoms with Crippen LogP contribution < -0.4 is 4.74 Å². The first kappa shape index (κ1) is 17.9. The second kappa shape index (κ2) is 6.88. The van der Waals surface area contributed by atoms with Crippen molar-refractivity contribution in [1.82, 2.24) is 0 Å². The number of hydrogen-bond donors (Lipinski definition) is 3. The summed E-state index contributed by atoms with van der Waals surface area (Å²) >= 11 is 0. The van der Waals surface area contributed by atoms with Gasteiger partial charge < -0.3 is 20.1 Å². The smallest absolute Gasteiger partial charge is 0.174 e. The number of carbonyl (C=O) groups is 1. The Kier molecular flexibility index (Phi) is 4.39. The topological polar surface area (TPSA) is 87.0 Å². The van der Waals surface area contributed by atoms with Crippen LogP contribution in [0.2, 0.25) is 0 Å². The molecular weight excluding hydrogens is 363 g/mol. The second-order valence-corrected chi connectivity index (χ2v) is 6.80. The summed E-state index contributed by atoms with van der Waals surface area (Å²) in [7, 11) is 0. The van der Waals surface area contributed by atoms with E-state index in [1.807, 2.05) is 12.1 Å². The van der Waals surface area contributed by atoms with Gasteiger partial charge in [-0.3, -0.25) is 4.79 Å². The number of rotatable bonds is 5. The van der Waals surface area contributed by atoms with Gasteiger partial charge in [-0.15, -0.1) is 0 Å². The average molecular weight is 380 g/mol. The maximum Gasteiger partial charge on any atom is 0.174 e. The third-order valence-corrected chi connectivity index (χ3v) is 4.81. The van der Waals surface area contributed by atoms with E-state index in [4.69, 9.17) is 4.74 Å². The Bertz CT molecular complexity index is 1000. The van der Waals surface area contributed by atoms with E-state index in [2.05, 4.69) is 0 Å². The maximum absolute atomic E-state index is 12.9. The van der Waals surface area contributed by atoms with Gasteiger partial charge in [0.1, 0.15) is 40.1 Å². The van der Waals surface area contributed by atoms with Crippen molar-refractivity contribution < 1.29 is 29.2 Å². The van der Waals surface area contributed by atoms with Crippen molar-refractivity contribution in [3.8, 4) is 28.7 Å². The first-order chi connectivity index (χ1) is 13.4. The summed E-state index contributed by atoms with van der Waals surface area (Å²) in [4.78, 5) is 12.6. The molecular formula is C22H17FO5. The van der Waals surface area contributed by atoms with E-state index in [-0.39, 0.29) is 34.7 Å². The highest BCUT2D eigenvalue weighted by atomic mass is 19.1. The molecule has 0 aromatic heterocycles. The molecule has 2 atom stereocenters. The standard InChI is InChI=1S/C22H17FO5/c23-13-3-7-16(8-4-13)28-15-5-1-12(2-6-15)17-11-18(17)22(27)21-19(25)9-14(24)10-20(21)26/h1-10,17-18,24-26H,11H2/t17-,18?/m0/s1. The summed E-state index contributed by atoms with van der Waals surface area (Å²) in [6.07, 6.45) is 0.608. The average Bonchev–Trinajstić information content (AvgIpc) is 3.44. The van der Waals surface area contributed by atoms with Gasteiger partial charge in [-0.05, 0) is 54.3 Å². The predicted molar refractivity (Wildman–Crippen MR) is 99.5 cm³/mol. The van der Waals surface area contributed by atoms with Crippen molar-refractivity contribution in [2.24, 2.45) is 5.92 Å². The van der Waals surface area contributed by atoms with Gasteiger partial charge >= 0.3 is 0 Å². The zero-order chi connectivity index (χ0) is 19.8. The molecule has 1 unspecified atom stereocenters. The van der Waals surface area contributed by atoms with E-state index >= 15 is 0 Å². The van der Waals surface area contributed by atoms with Gasteiger partial charge in [-0.25, -0.2) is 4.39 Å². The monoisotopic (exact) mass is 380 g/mol. The van der Waals surface area contributed by atoms with Crippen LogP contribution in [0.25, 0.3) is 0 Å². The Balaban J connectivity index is 1.45. The van der Waals surface area contributed by atoms with Crippen LogP contribution in [-0.4, -0.2) is 21.1 Å². The molecule has 0 bridgehead atoms. The van der Waals surface area contributed by atoms with Gasteiger partial charge in [0, 0.05) is 18.1 Å². The van der Waals surface area contributed by atoms with Crippen molar-refractivity contribution >= 4 is 5.78 Å². The predicted octanol–water partition coefficient (Wildman–Crippen LogP) is 4.72. The maximum atomic E-state index is 12.9. The molecule has 1 aliphatic carbocycles. The van der Waals surface area contributed by atoms with Gasteiger partial charge in [-0.2, -0.15) is 0 Å². The zero-order valence-corrected chi connectivity index (χ0v) is 14.7. The first-order valence-corrected chi connectivity index (χ1v) is 8.75. The molecule has 0 aliphatic heterocycles. The number of Topliss-reactive ketones (excluding diaryl/α,β-unsaturated/α-hetero) is 1. The Hall–Kier alpha value is -3.54. The van der Waals surface area contributed by atoms with Crippen molar-refractivity contribution in [2.45, 2.75) is 12.3 Å². The van der Waals surface area contributed by atoms with E-state index in [1.54, 1.807) is 12.1 Å². The highest BCUT2D eigenvalue weighted by Crippen LogP contribution is 2.51. The Labute approximate surface area is 160 Å². The largest absolute Gasteiger partial charge is 0.508 e. The van der Waals surface area contributed by atoms with Crippen LogP contribution in [0.4, 0.5) is 4.39 Å². The van der Waals surface area contributed by atoms with Crippen LogP contribution in [0.15, 0.2) is 60.7 Å². The number of ketones is 1. The minimum atomic E-state index is -0.434. The van der Waals surface area contributed by atoms with Crippen LogP contribution in [0, 0.1) is 11.7 Å². The molecule has 0 saturated heterocycles. The molecule has 3 N–H and O–H groups in total. The van der Waals surface area contributed by atoms with E-state index in [0.29, 0.717) is 17.9 Å². The molecule has 4 rings (SSSR count). The number of aromatic hydroxyl groups is 3. The van der Waals surface area contributed by atoms with Crippen LogP contribution in [0.1, 0.15) is 28.3 Å². The Morgan fingerprint density at radius 1 is 0.893 bits per heavy atom. The van der Waals surface area contributed by atoms with E-state index < -0.39 is 11.5 Å². The number of hydrogen-bond acceptors (Lipinski definition) is 5. The van der Waals surface area contributed by atoms with Crippen LogP contribution in [0.3, 0.4) is 0 Å². The number of phenolic OH excluding ortho intramolecular Hbond substituents is 3. The lowest BCUT2D eigenvalue weighted by Crippen LogP contribution is -2.04. The SMILES string of the molecule is O=C(c1c(O)cc(O)cc1O)C1C[C@H]1c1ccc(Oc2ccc(F)cc2)cc1. The van der Waals surface area contributed by atoms with E-state index in [1.165, 1.54) is 24.3 Å². The van der Waals surface area contributed by atoms with E-state index in [9.17, 15) is 24.5 Å². The highest BCUT2D eigenvalue weighted by molar-refractivity contribution is 6.04. The zero-order valence-electron chi connectivity index (χ0n) is 14.7. The molecule has 3 aromatic rings. The normalized spacial score (nSPS) is 17.9. The molecule has 0 heterocycles. The first-order valence-electron chi connectivity index (χ1n) is 8.75. The highest BCUT2D eigenvalue weighted by Gasteiger charge is 2.45. The van der Waals surface area contributed by atoms with Crippen LogP contribution in [-0.2, 0) is 0 Å². The fourth-order valence-corrected chi connectivity index (χ4v) is 3.31. The Morgan fingerprint density at radius 2 is 1.43 bits per heavy atom. The van der Waals surface area contributed by atoms with Crippen molar-refractivity contribution in [2.75, 3.05) is 0 Å². The van der Waals surface area contributed by atoms with Gasteiger partial charge in [0.25, 0.3) is 0 Å². The summed E-state index contributed by atoms with van der Waals surface area (Å²) in [6.45, 7) is 0. The molecule has 142 valence electrons. The summed E-state index contributed by atoms with van der Waals surface area (Å²) < 4.78 is 18.6. The van der Waals surface area contributed by atoms with E-state index in [0.717, 1.165) is 17.7 Å². The summed E-state index contributed by atoms with van der Waals surface area (Å²) in [5, 5.41) is 29.1. The molecule has 1 fully saturated rings. The quantitative estimate of drug-likeness (QED) is 0.558. The summed E-state index contributed by atoms with van der Waals surface area (Å²) in [6, 6.07) is 15.0. The number of halogens is 1. The fourth-order valence-electron chi connectivity index (χ4n) is 3.31. The number of carbonyl (C=O) groups excluding carboxylic acids is 1. The third-order valence-electron chi connectivity index (χ3n) is 4.81. The van der Waals surface area contributed by atoms with Gasteiger partial charge in [0.15, 0.2) is 5.78 Å². The molecule has 0 spiro atoms. The number of benzene rings is 3. The van der Waals surface area contributed by atoms with Gasteiger partial charge in [0.2, 0.25) is 0 Å². The number of ether oxygens (including phenoxy) is 1. The molecule has 5 nitrogen and oxygen atoms in total. The van der Waals surface area contributed by atoms with Gasteiger partial charge in [-0.1, -0.05) is 12.1 Å². The summed E-state index contributed by atoms with van der Waals surface area (Å²) in [5.74, 6) is -1.11. The summed E-state index contributed by atoms with van der Waals surface area (Å²) in [5.41, 5.74) is 0.782. The van der Waals surface area contributed by atoms with Gasteiger partial charge in [0.05, 0.1) is 0 Å². The Morgan fingerprint density at radius 3 is 2.00 bits per heavy atom. The fraction of sp³-hybridized carbons (Fsp3) is 0.136. The minimum Gasteiger partial charge on any atom is -0.508 e. The van der Waals surface area contributed by atoms with Crippen molar-refractivity contribution in [3.05, 3.63) is 77.6 Å². The molecule has 0 radical (unpaired) electrons. The second-order valence-electron chi connectivity index (χ2n) is 6.80. The lowest BCUT2D eigenvalue weighted by atomic mass is 10.0. The van der Waals surface area contributed by atoms with Crippen LogP contribution >= 0.6 is 0 Å². The molecule has 28 heavy (non-hydrogen) atoms. The molecule has 6 heteroatoms. The molecule has 3 aromatic carbocycles. The molecule has 1 aliphatic rings. The van der Waals surface area contributed by atoms with Crippen molar-refractivity contribution in [1.29, 1.82) is 0 Å². The lowest BCUT2D eigenvalue weighted by molar-refractivity contribution is 0.0959. The van der Waals surface area contributed by atoms with Crippen molar-refractivity contribution in [3.63, 3.8) is 0 Å². The molecule has 0 amide bonds. The minimum absolute atomic E-state index is 0.0139. The van der Waals surface area contributed by atoms with Crippen LogP contribution in [0.5, 0.6) is 28.7 Å². The molecule has 1 saturated carbocycles. The lowest BCUT2D eigenvalue weighted by Gasteiger charge is -2.08. The third kappa shape index (κ3) is 3.49. The number of phenols is 3.